The Morgan fingerprint density at radius 1 is 1.24 bits per heavy atom. The third kappa shape index (κ3) is 5.18. The number of anilines is 2. The molecule has 3 aromatic rings. The summed E-state index contributed by atoms with van der Waals surface area (Å²) in [6.07, 6.45) is 6.77. The highest BCUT2D eigenvalue weighted by atomic mass is 32.1. The van der Waals surface area contributed by atoms with Crippen LogP contribution in [0.4, 0.5) is 11.6 Å². The zero-order valence-electron chi connectivity index (χ0n) is 20.7. The molecule has 1 amide bonds. The van der Waals surface area contributed by atoms with Crippen LogP contribution >= 0.6 is 11.3 Å². The van der Waals surface area contributed by atoms with Gasteiger partial charge in [-0.05, 0) is 56.4 Å². The Hall–Kier alpha value is -2.73. The molecule has 4 N–H and O–H groups in total. The van der Waals surface area contributed by atoms with Crippen LogP contribution in [-0.2, 0) is 16.0 Å². The molecular weight excluding hydrogens is 494 g/mol. The smallest absolute Gasteiger partial charge is 0.246 e. The standard InChI is InChI=1S/C26H33N5O5S/c27-25(33)18(32)13-15-1-6-20-23(15)24-19(14-22(29-26(24)37-20)28-21-7-10-35-30-21)36-17-4-2-16(3-5-17)31-8-11-34-12-9-31/h7,10,14-18,32H,1-6,8-9,11-13H2,(H2,27,33)(H,28,29,30)/t15-,16-,17-,18+/m1/s1. The number of thiophene rings is 1. The van der Waals surface area contributed by atoms with Gasteiger partial charge in [0.25, 0.3) is 0 Å². The SMILES string of the molecule is NC(=O)[C@@H](O)C[C@H]1CCc2sc3nc(Nc4ccon4)cc(O[C@H]4CC[C@H](N5CCOCC5)CC4)c3c21. The number of fused-ring (bicyclic) bond motifs is 3. The fraction of sp³-hybridized carbons (Fsp3) is 0.577. The first kappa shape index (κ1) is 24.6. The first-order valence-corrected chi connectivity index (χ1v) is 14.0. The van der Waals surface area contributed by atoms with E-state index in [1.165, 1.54) is 11.1 Å². The number of nitrogens with two attached hydrogens (primary N) is 1. The predicted octanol–water partition coefficient (Wildman–Crippen LogP) is 3.32. The van der Waals surface area contributed by atoms with E-state index in [2.05, 4.69) is 15.4 Å². The molecule has 1 saturated carbocycles. The molecule has 0 unspecified atom stereocenters. The molecule has 1 aliphatic heterocycles. The van der Waals surface area contributed by atoms with Crippen LogP contribution in [0, 0.1) is 0 Å². The first-order valence-electron chi connectivity index (χ1n) is 13.1. The average molecular weight is 528 g/mol. The van der Waals surface area contributed by atoms with Crippen LogP contribution in [0.1, 0.15) is 54.9 Å². The second-order valence-corrected chi connectivity index (χ2v) is 11.3. The van der Waals surface area contributed by atoms with Gasteiger partial charge in [-0.3, -0.25) is 9.69 Å². The number of aromatic nitrogens is 2. The number of carbonyl (C=O) groups excluding carboxylic acids is 1. The Kier molecular flexibility index (Phi) is 7.02. The molecule has 2 fully saturated rings. The zero-order chi connectivity index (χ0) is 25.4. The van der Waals surface area contributed by atoms with Crippen LogP contribution in [0.3, 0.4) is 0 Å². The summed E-state index contributed by atoms with van der Waals surface area (Å²) in [5, 5.41) is 18.4. The minimum absolute atomic E-state index is 0.0433. The number of aryl methyl sites for hydroxylation is 1. The average Bonchev–Trinajstić information content (AvgIpc) is 3.63. The molecule has 2 atom stereocenters. The molecule has 1 saturated heterocycles. The maximum atomic E-state index is 11.6. The van der Waals surface area contributed by atoms with Crippen LogP contribution in [0.15, 0.2) is 22.9 Å². The molecule has 6 rings (SSSR count). The summed E-state index contributed by atoms with van der Waals surface area (Å²) >= 11 is 1.66. The van der Waals surface area contributed by atoms with Gasteiger partial charge in [0.1, 0.15) is 28.8 Å². The second-order valence-electron chi connectivity index (χ2n) is 10.2. The number of aliphatic hydroxyl groups is 1. The lowest BCUT2D eigenvalue weighted by atomic mass is 9.91. The third-order valence-electron chi connectivity index (χ3n) is 7.90. The fourth-order valence-electron chi connectivity index (χ4n) is 6.04. The van der Waals surface area contributed by atoms with E-state index in [4.69, 9.17) is 24.7 Å². The quantitative estimate of drug-likeness (QED) is 0.403. The van der Waals surface area contributed by atoms with Gasteiger partial charge in [0, 0.05) is 36.1 Å². The van der Waals surface area contributed by atoms with Gasteiger partial charge >= 0.3 is 0 Å². The number of carbonyl (C=O) groups is 1. The van der Waals surface area contributed by atoms with Crippen molar-refractivity contribution in [1.29, 1.82) is 0 Å². The summed E-state index contributed by atoms with van der Waals surface area (Å²) in [5.74, 6) is 1.38. The molecule has 37 heavy (non-hydrogen) atoms. The third-order valence-corrected chi connectivity index (χ3v) is 9.06. The zero-order valence-corrected chi connectivity index (χ0v) is 21.5. The maximum absolute atomic E-state index is 11.6. The number of primary amides is 1. The van der Waals surface area contributed by atoms with Gasteiger partial charge in [-0.2, -0.15) is 0 Å². The number of ether oxygens (including phenoxy) is 2. The molecule has 2 aliphatic carbocycles. The summed E-state index contributed by atoms with van der Waals surface area (Å²) in [4.78, 5) is 21.1. The summed E-state index contributed by atoms with van der Waals surface area (Å²) in [6, 6.07) is 4.28. The number of aliphatic hydroxyl groups excluding tert-OH is 1. The number of hydrogen-bond acceptors (Lipinski definition) is 10. The largest absolute Gasteiger partial charge is 0.490 e. The maximum Gasteiger partial charge on any atom is 0.246 e. The molecular formula is C26H33N5O5S. The molecule has 3 aliphatic rings. The molecule has 11 heteroatoms. The van der Waals surface area contributed by atoms with Crippen molar-refractivity contribution in [3.05, 3.63) is 28.8 Å². The lowest BCUT2D eigenvalue weighted by Gasteiger charge is -2.38. The molecule has 0 radical (unpaired) electrons. The van der Waals surface area contributed by atoms with Crippen molar-refractivity contribution in [2.45, 2.75) is 69.1 Å². The minimum atomic E-state index is -1.16. The van der Waals surface area contributed by atoms with Gasteiger partial charge in [-0.1, -0.05) is 5.16 Å². The van der Waals surface area contributed by atoms with Crippen molar-refractivity contribution < 1.29 is 23.9 Å². The van der Waals surface area contributed by atoms with Crippen molar-refractivity contribution in [3.8, 4) is 5.75 Å². The van der Waals surface area contributed by atoms with E-state index in [9.17, 15) is 9.90 Å². The molecule has 0 bridgehead atoms. The van der Waals surface area contributed by atoms with Crippen LogP contribution < -0.4 is 15.8 Å². The van der Waals surface area contributed by atoms with Crippen molar-refractivity contribution in [2.75, 3.05) is 31.6 Å². The summed E-state index contributed by atoms with van der Waals surface area (Å²) < 4.78 is 17.2. The highest BCUT2D eigenvalue weighted by Gasteiger charge is 2.34. The van der Waals surface area contributed by atoms with Gasteiger partial charge < -0.3 is 30.2 Å². The van der Waals surface area contributed by atoms with Crippen molar-refractivity contribution in [1.82, 2.24) is 15.0 Å². The molecule has 0 aromatic carbocycles. The monoisotopic (exact) mass is 527 g/mol. The molecule has 10 nitrogen and oxygen atoms in total. The lowest BCUT2D eigenvalue weighted by molar-refractivity contribution is -0.126. The van der Waals surface area contributed by atoms with Crippen LogP contribution in [0.25, 0.3) is 10.2 Å². The number of rotatable bonds is 8. The van der Waals surface area contributed by atoms with Crippen molar-refractivity contribution >= 4 is 39.1 Å². The van der Waals surface area contributed by atoms with Crippen molar-refractivity contribution in [2.24, 2.45) is 5.73 Å². The Morgan fingerprint density at radius 3 is 2.78 bits per heavy atom. The highest BCUT2D eigenvalue weighted by Crippen LogP contribution is 2.49. The van der Waals surface area contributed by atoms with Gasteiger partial charge in [-0.15, -0.1) is 11.3 Å². The van der Waals surface area contributed by atoms with Crippen LogP contribution in [-0.4, -0.2) is 70.6 Å². The highest BCUT2D eigenvalue weighted by molar-refractivity contribution is 7.19. The Balaban J connectivity index is 1.27. The van der Waals surface area contributed by atoms with E-state index >= 15 is 0 Å². The van der Waals surface area contributed by atoms with E-state index in [0.29, 0.717) is 24.1 Å². The van der Waals surface area contributed by atoms with E-state index in [0.717, 1.165) is 86.4 Å². The van der Waals surface area contributed by atoms with Gasteiger partial charge in [0.15, 0.2) is 5.82 Å². The summed E-state index contributed by atoms with van der Waals surface area (Å²) in [5.41, 5.74) is 6.52. The Bertz CT molecular complexity index is 1230. The minimum Gasteiger partial charge on any atom is -0.490 e. The van der Waals surface area contributed by atoms with E-state index in [1.807, 2.05) is 6.07 Å². The van der Waals surface area contributed by atoms with E-state index in [-0.39, 0.29) is 12.0 Å². The lowest BCUT2D eigenvalue weighted by Crippen LogP contribution is -2.46. The second kappa shape index (κ2) is 10.6. The topological polar surface area (TPSA) is 136 Å². The van der Waals surface area contributed by atoms with E-state index < -0.39 is 12.0 Å². The van der Waals surface area contributed by atoms with Gasteiger partial charge in [-0.25, -0.2) is 4.98 Å². The number of amides is 1. The summed E-state index contributed by atoms with van der Waals surface area (Å²) in [7, 11) is 0. The number of morpholine rings is 1. The van der Waals surface area contributed by atoms with E-state index in [1.54, 1.807) is 17.4 Å². The molecule has 198 valence electrons. The normalized spacial score (nSPS) is 25.2. The van der Waals surface area contributed by atoms with Gasteiger partial charge in [0.2, 0.25) is 5.91 Å². The number of nitrogens with zero attached hydrogens (tertiary/aromatic N) is 3. The Labute approximate surface area is 219 Å². The summed E-state index contributed by atoms with van der Waals surface area (Å²) in [6.45, 7) is 3.67. The molecule has 0 spiro atoms. The number of hydrogen-bond donors (Lipinski definition) is 3. The number of pyridine rings is 1. The van der Waals surface area contributed by atoms with Crippen molar-refractivity contribution in [3.63, 3.8) is 0 Å². The molecule has 3 aromatic heterocycles. The predicted molar refractivity (Wildman–Crippen MR) is 139 cm³/mol. The fourth-order valence-corrected chi connectivity index (χ4v) is 7.32. The van der Waals surface area contributed by atoms with Crippen LogP contribution in [0.5, 0.6) is 5.75 Å². The first-order chi connectivity index (χ1) is 18.0. The Morgan fingerprint density at radius 2 is 2.05 bits per heavy atom. The number of nitrogens with one attached hydrogen (secondary N) is 1. The molecule has 4 heterocycles. The van der Waals surface area contributed by atoms with Crippen LogP contribution in [0.2, 0.25) is 0 Å². The van der Waals surface area contributed by atoms with Gasteiger partial charge in [0.05, 0.1) is 24.7 Å².